The van der Waals surface area contributed by atoms with Crippen LogP contribution in [-0.4, -0.2) is 11.5 Å². The Kier molecular flexibility index (Phi) is 2.30. The van der Waals surface area contributed by atoms with Gasteiger partial charge in [0.2, 0.25) is 0 Å². The van der Waals surface area contributed by atoms with Gasteiger partial charge in [0.15, 0.2) is 0 Å². The first-order valence-corrected chi connectivity index (χ1v) is 6.47. The molecule has 3 rings (SSSR count). The Morgan fingerprint density at radius 1 is 1.43 bits per heavy atom. The number of rotatable bonds is 3. The summed E-state index contributed by atoms with van der Waals surface area (Å²) >= 11 is 1.85. The molecule has 1 N–H and O–H groups in total. The highest BCUT2D eigenvalue weighted by molar-refractivity contribution is 7.09. The van der Waals surface area contributed by atoms with Crippen molar-refractivity contribution in [2.24, 2.45) is 5.92 Å². The zero-order valence-electron chi connectivity index (χ0n) is 8.33. The highest BCUT2D eigenvalue weighted by Gasteiger charge is 2.24. The van der Waals surface area contributed by atoms with Gasteiger partial charge in [-0.05, 0) is 38.1 Å². The van der Waals surface area contributed by atoms with E-state index in [0.29, 0.717) is 6.04 Å². The number of nitrogens with one attached hydrogen (secondary N) is 1. The van der Waals surface area contributed by atoms with Crippen LogP contribution in [0.15, 0.2) is 5.38 Å². The molecule has 0 spiro atoms. The molecule has 2 heterocycles. The lowest BCUT2D eigenvalue weighted by molar-refractivity contribution is 0.628. The van der Waals surface area contributed by atoms with E-state index in [-0.39, 0.29) is 0 Å². The third kappa shape index (κ3) is 1.84. The fourth-order valence-electron chi connectivity index (χ4n) is 2.08. The van der Waals surface area contributed by atoms with E-state index in [9.17, 15) is 0 Å². The van der Waals surface area contributed by atoms with E-state index in [1.807, 2.05) is 11.3 Å². The van der Waals surface area contributed by atoms with Crippen molar-refractivity contribution in [2.45, 2.75) is 38.1 Å². The molecule has 0 bridgehead atoms. The van der Waals surface area contributed by atoms with E-state index in [4.69, 9.17) is 4.98 Å². The quantitative estimate of drug-likeness (QED) is 0.825. The summed E-state index contributed by atoms with van der Waals surface area (Å²) in [6.45, 7) is 1.17. The van der Waals surface area contributed by atoms with Crippen LogP contribution >= 0.6 is 11.3 Å². The molecule has 2 aliphatic rings. The van der Waals surface area contributed by atoms with Crippen molar-refractivity contribution in [3.05, 3.63) is 16.1 Å². The molecule has 1 atom stereocenters. The maximum Gasteiger partial charge on any atom is 0.0931 e. The van der Waals surface area contributed by atoms with E-state index in [1.54, 1.807) is 0 Å². The summed E-state index contributed by atoms with van der Waals surface area (Å²) in [5.74, 6) is 0.963. The van der Waals surface area contributed by atoms with Crippen molar-refractivity contribution in [3.63, 3.8) is 0 Å². The van der Waals surface area contributed by atoms with Gasteiger partial charge in [-0.25, -0.2) is 4.98 Å². The maximum atomic E-state index is 4.73. The van der Waals surface area contributed by atoms with Gasteiger partial charge in [-0.2, -0.15) is 0 Å². The third-order valence-electron chi connectivity index (χ3n) is 3.15. The Hall–Kier alpha value is -0.410. The van der Waals surface area contributed by atoms with Gasteiger partial charge in [0.1, 0.15) is 0 Å². The molecule has 0 aromatic carbocycles. The first-order valence-electron chi connectivity index (χ1n) is 5.59. The van der Waals surface area contributed by atoms with Gasteiger partial charge < -0.3 is 5.32 Å². The van der Waals surface area contributed by atoms with Gasteiger partial charge in [-0.15, -0.1) is 11.3 Å². The van der Waals surface area contributed by atoms with Gasteiger partial charge >= 0.3 is 0 Å². The molecule has 1 aliphatic heterocycles. The van der Waals surface area contributed by atoms with Crippen LogP contribution in [0.3, 0.4) is 0 Å². The maximum absolute atomic E-state index is 4.73. The third-order valence-corrected chi connectivity index (χ3v) is 4.04. The number of hydrogen-bond donors (Lipinski definition) is 1. The van der Waals surface area contributed by atoms with Crippen LogP contribution in [0.4, 0.5) is 0 Å². The Balaban J connectivity index is 1.68. The first-order chi connectivity index (χ1) is 6.92. The summed E-state index contributed by atoms with van der Waals surface area (Å²) in [6, 6.07) is 0.555. The van der Waals surface area contributed by atoms with Crippen LogP contribution in [0, 0.1) is 5.92 Å². The number of hydrogen-bond acceptors (Lipinski definition) is 3. The second-order valence-corrected chi connectivity index (χ2v) is 5.41. The van der Waals surface area contributed by atoms with E-state index in [0.717, 1.165) is 5.92 Å². The summed E-state index contributed by atoms with van der Waals surface area (Å²) in [7, 11) is 0. The molecular formula is C11H16N2S. The Morgan fingerprint density at radius 2 is 2.36 bits per heavy atom. The van der Waals surface area contributed by atoms with E-state index in [1.165, 1.54) is 49.4 Å². The fourth-order valence-corrected chi connectivity index (χ4v) is 3.05. The molecule has 14 heavy (non-hydrogen) atoms. The second-order valence-electron chi connectivity index (χ2n) is 4.46. The number of nitrogens with zero attached hydrogens (tertiary/aromatic N) is 1. The SMILES string of the molecule is c1sc(CC2CC2)nc1[C@H]1CCCN1. The fraction of sp³-hybridized carbons (Fsp3) is 0.727. The lowest BCUT2D eigenvalue weighted by atomic mass is 10.2. The lowest BCUT2D eigenvalue weighted by Crippen LogP contribution is -2.13. The van der Waals surface area contributed by atoms with Crippen molar-refractivity contribution in [1.82, 2.24) is 10.3 Å². The number of aromatic nitrogens is 1. The lowest BCUT2D eigenvalue weighted by Gasteiger charge is -2.04. The molecule has 1 aromatic heterocycles. The average molecular weight is 208 g/mol. The molecule has 1 saturated heterocycles. The minimum absolute atomic E-state index is 0.555. The molecule has 76 valence electrons. The van der Waals surface area contributed by atoms with Crippen LogP contribution in [0.5, 0.6) is 0 Å². The summed E-state index contributed by atoms with van der Waals surface area (Å²) in [5.41, 5.74) is 1.29. The molecule has 0 radical (unpaired) electrons. The Labute approximate surface area is 88.7 Å². The highest BCUT2D eigenvalue weighted by atomic mass is 32.1. The highest BCUT2D eigenvalue weighted by Crippen LogP contribution is 2.34. The van der Waals surface area contributed by atoms with Crippen molar-refractivity contribution in [2.75, 3.05) is 6.54 Å². The summed E-state index contributed by atoms with van der Waals surface area (Å²) in [6.07, 6.45) is 6.66. The molecule has 1 aliphatic carbocycles. The van der Waals surface area contributed by atoms with Gasteiger partial charge in [-0.1, -0.05) is 0 Å². The Bertz CT molecular complexity index is 311. The molecule has 1 aromatic rings. The van der Waals surface area contributed by atoms with Crippen LogP contribution in [0.2, 0.25) is 0 Å². The molecule has 1 saturated carbocycles. The minimum Gasteiger partial charge on any atom is -0.309 e. The molecule has 0 unspecified atom stereocenters. The summed E-state index contributed by atoms with van der Waals surface area (Å²) in [5, 5.41) is 7.11. The van der Waals surface area contributed by atoms with Crippen LogP contribution < -0.4 is 5.32 Å². The zero-order chi connectivity index (χ0) is 9.38. The minimum atomic E-state index is 0.555. The summed E-state index contributed by atoms with van der Waals surface area (Å²) < 4.78 is 0. The molecule has 3 heteroatoms. The Morgan fingerprint density at radius 3 is 3.07 bits per heavy atom. The number of thiazole rings is 1. The van der Waals surface area contributed by atoms with Gasteiger partial charge in [0.05, 0.1) is 16.7 Å². The van der Waals surface area contributed by atoms with Gasteiger partial charge in [0, 0.05) is 11.8 Å². The second kappa shape index (κ2) is 3.63. The molecule has 2 fully saturated rings. The smallest absolute Gasteiger partial charge is 0.0931 e. The monoisotopic (exact) mass is 208 g/mol. The topological polar surface area (TPSA) is 24.9 Å². The zero-order valence-corrected chi connectivity index (χ0v) is 9.15. The molecular weight excluding hydrogens is 192 g/mol. The van der Waals surface area contributed by atoms with Gasteiger partial charge in [0.25, 0.3) is 0 Å². The van der Waals surface area contributed by atoms with E-state index in [2.05, 4.69) is 10.7 Å². The standard InChI is InChI=1S/C11H16N2S/c1-2-9(12-5-1)10-7-14-11(13-10)6-8-3-4-8/h7-9,12H,1-6H2/t9-/m1/s1. The van der Waals surface area contributed by atoms with Crippen LogP contribution in [0.1, 0.15) is 42.4 Å². The molecule has 2 nitrogen and oxygen atoms in total. The predicted octanol–water partition coefficient (Wildman–Crippen LogP) is 2.52. The van der Waals surface area contributed by atoms with Crippen molar-refractivity contribution >= 4 is 11.3 Å². The normalized spacial score (nSPS) is 27.0. The van der Waals surface area contributed by atoms with E-state index < -0.39 is 0 Å². The summed E-state index contributed by atoms with van der Waals surface area (Å²) in [4.78, 5) is 4.73. The largest absolute Gasteiger partial charge is 0.309 e. The van der Waals surface area contributed by atoms with E-state index >= 15 is 0 Å². The predicted molar refractivity (Wildman–Crippen MR) is 58.5 cm³/mol. The van der Waals surface area contributed by atoms with Crippen LogP contribution in [-0.2, 0) is 6.42 Å². The van der Waals surface area contributed by atoms with Crippen molar-refractivity contribution in [1.29, 1.82) is 0 Å². The van der Waals surface area contributed by atoms with Gasteiger partial charge in [-0.3, -0.25) is 0 Å². The van der Waals surface area contributed by atoms with Crippen LogP contribution in [0.25, 0.3) is 0 Å². The van der Waals surface area contributed by atoms with Crippen molar-refractivity contribution < 1.29 is 0 Å². The molecule has 0 amide bonds. The van der Waals surface area contributed by atoms with Crippen molar-refractivity contribution in [3.8, 4) is 0 Å². The average Bonchev–Trinajstić information content (AvgIpc) is 2.71. The first kappa shape index (κ1) is 8.86.